The minimum atomic E-state index is -0.811. The topological polar surface area (TPSA) is 37.3 Å². The molecule has 0 aromatic heterocycles. The van der Waals surface area contributed by atoms with Crippen LogP contribution in [0.3, 0.4) is 0 Å². The van der Waals surface area contributed by atoms with Gasteiger partial charge in [0.15, 0.2) is 0 Å². The van der Waals surface area contributed by atoms with Crippen LogP contribution in [-0.4, -0.2) is 17.3 Å². The first-order chi connectivity index (χ1) is 9.13. The molecule has 1 aromatic carbocycles. The zero-order valence-corrected chi connectivity index (χ0v) is 12.6. The molecule has 1 atom stereocenters. The fraction of sp³-hybridized carbons (Fsp3) is 0.533. The van der Waals surface area contributed by atoms with Gasteiger partial charge in [0.1, 0.15) is 5.25 Å². The molecule has 19 heavy (non-hydrogen) atoms. The fourth-order valence-corrected chi connectivity index (χ4v) is 3.79. The van der Waals surface area contributed by atoms with Gasteiger partial charge >= 0.3 is 5.97 Å². The van der Waals surface area contributed by atoms with Crippen LogP contribution in [0, 0.1) is 0 Å². The van der Waals surface area contributed by atoms with Gasteiger partial charge in [0.25, 0.3) is 0 Å². The van der Waals surface area contributed by atoms with Gasteiger partial charge in [-0.25, -0.2) is 0 Å². The fourth-order valence-electron chi connectivity index (χ4n) is 2.83. The Kier molecular flexibility index (Phi) is 5.17. The molecular weight excluding hydrogens is 280 g/mol. The molecule has 1 aromatic rings. The molecule has 1 saturated carbocycles. The molecule has 104 valence electrons. The predicted octanol–water partition coefficient (Wildman–Crippen LogP) is 4.88. The number of carboxylic acids is 1. The van der Waals surface area contributed by atoms with Crippen molar-refractivity contribution in [3.05, 3.63) is 34.3 Å². The van der Waals surface area contributed by atoms with Gasteiger partial charge < -0.3 is 5.11 Å². The van der Waals surface area contributed by atoms with Crippen molar-refractivity contribution in [1.82, 2.24) is 0 Å². The van der Waals surface area contributed by atoms with Gasteiger partial charge in [-0.1, -0.05) is 43.0 Å². The van der Waals surface area contributed by atoms with Gasteiger partial charge in [-0.3, -0.25) is 4.79 Å². The van der Waals surface area contributed by atoms with E-state index in [1.54, 1.807) is 0 Å². The zero-order valence-electron chi connectivity index (χ0n) is 11.1. The Morgan fingerprint density at radius 1 is 1.37 bits per heavy atom. The van der Waals surface area contributed by atoms with Crippen molar-refractivity contribution in [3.8, 4) is 0 Å². The van der Waals surface area contributed by atoms with E-state index in [0.29, 0.717) is 5.92 Å². The Morgan fingerprint density at radius 2 is 2.05 bits per heavy atom. The molecule has 4 heteroatoms. The largest absolute Gasteiger partial charge is 0.480 e. The van der Waals surface area contributed by atoms with Crippen LogP contribution < -0.4 is 0 Å². The maximum atomic E-state index is 11.2. The SMILES string of the molecule is CSC(C(=O)O)c1ccc(C2CCCCC2)c(Cl)c1. The van der Waals surface area contributed by atoms with Gasteiger partial charge in [0, 0.05) is 5.02 Å². The van der Waals surface area contributed by atoms with Crippen molar-refractivity contribution in [2.45, 2.75) is 43.3 Å². The molecule has 0 amide bonds. The lowest BCUT2D eigenvalue weighted by Crippen LogP contribution is -2.09. The van der Waals surface area contributed by atoms with Crippen molar-refractivity contribution in [3.63, 3.8) is 0 Å². The lowest BCUT2D eigenvalue weighted by atomic mass is 9.84. The van der Waals surface area contributed by atoms with E-state index >= 15 is 0 Å². The van der Waals surface area contributed by atoms with Gasteiger partial charge in [0.2, 0.25) is 0 Å². The summed E-state index contributed by atoms with van der Waals surface area (Å²) in [6.45, 7) is 0. The van der Waals surface area contributed by atoms with Crippen LogP contribution in [0.15, 0.2) is 18.2 Å². The van der Waals surface area contributed by atoms with E-state index in [-0.39, 0.29) is 0 Å². The standard InChI is InChI=1S/C15H19ClO2S/c1-19-14(15(17)18)11-7-8-12(13(16)9-11)10-5-3-2-4-6-10/h7-10,14H,2-6H2,1H3,(H,17,18). The zero-order chi connectivity index (χ0) is 13.8. The molecule has 0 saturated heterocycles. The first kappa shape index (κ1) is 14.7. The summed E-state index contributed by atoms with van der Waals surface area (Å²) in [5, 5.41) is 9.37. The third-order valence-corrected chi connectivity index (χ3v) is 5.10. The highest BCUT2D eigenvalue weighted by Crippen LogP contribution is 2.38. The molecule has 0 heterocycles. The molecule has 1 aliphatic carbocycles. The molecule has 1 aliphatic rings. The predicted molar refractivity (Wildman–Crippen MR) is 81.2 cm³/mol. The maximum Gasteiger partial charge on any atom is 0.321 e. The van der Waals surface area contributed by atoms with Crippen LogP contribution in [0.5, 0.6) is 0 Å². The Hall–Kier alpha value is -0.670. The second-order valence-corrected chi connectivity index (χ2v) is 6.42. The quantitative estimate of drug-likeness (QED) is 0.861. The monoisotopic (exact) mass is 298 g/mol. The molecule has 1 unspecified atom stereocenters. The summed E-state index contributed by atoms with van der Waals surface area (Å²) in [6, 6.07) is 5.78. The second-order valence-electron chi connectivity index (χ2n) is 5.07. The average molecular weight is 299 g/mol. The summed E-state index contributed by atoms with van der Waals surface area (Å²) in [5.74, 6) is -0.262. The number of aliphatic carboxylic acids is 1. The molecule has 0 spiro atoms. The maximum absolute atomic E-state index is 11.2. The summed E-state index contributed by atoms with van der Waals surface area (Å²) in [6.07, 6.45) is 8.06. The van der Waals surface area contributed by atoms with Gasteiger partial charge in [-0.15, -0.1) is 11.8 Å². The first-order valence-corrected chi connectivity index (χ1v) is 8.35. The lowest BCUT2D eigenvalue weighted by molar-refractivity contribution is -0.136. The van der Waals surface area contributed by atoms with Crippen molar-refractivity contribution in [1.29, 1.82) is 0 Å². The van der Waals surface area contributed by atoms with E-state index in [1.807, 2.05) is 24.5 Å². The third kappa shape index (κ3) is 3.46. The molecule has 1 fully saturated rings. The highest BCUT2D eigenvalue weighted by molar-refractivity contribution is 7.99. The Labute approximate surface area is 123 Å². The second kappa shape index (κ2) is 6.67. The van der Waals surface area contributed by atoms with Crippen LogP contribution in [0.25, 0.3) is 0 Å². The van der Waals surface area contributed by atoms with E-state index in [2.05, 4.69) is 0 Å². The number of carbonyl (C=O) groups is 1. The Bertz CT molecular complexity index is 455. The Balaban J connectivity index is 2.23. The Morgan fingerprint density at radius 3 is 2.58 bits per heavy atom. The summed E-state index contributed by atoms with van der Waals surface area (Å²) >= 11 is 7.69. The first-order valence-electron chi connectivity index (χ1n) is 6.68. The van der Waals surface area contributed by atoms with E-state index in [0.717, 1.165) is 10.6 Å². The molecular formula is C15H19ClO2S. The van der Waals surface area contributed by atoms with Crippen molar-refractivity contribution in [2.24, 2.45) is 0 Å². The smallest absolute Gasteiger partial charge is 0.321 e. The van der Waals surface area contributed by atoms with Gasteiger partial charge in [-0.05, 0) is 42.2 Å². The molecule has 1 N–H and O–H groups in total. The molecule has 2 nitrogen and oxygen atoms in total. The van der Waals surface area contributed by atoms with Crippen LogP contribution in [-0.2, 0) is 4.79 Å². The van der Waals surface area contributed by atoms with Crippen LogP contribution in [0.1, 0.15) is 54.4 Å². The number of benzene rings is 1. The third-order valence-electron chi connectivity index (χ3n) is 3.83. The van der Waals surface area contributed by atoms with E-state index in [1.165, 1.54) is 49.4 Å². The summed E-state index contributed by atoms with van der Waals surface area (Å²) in [7, 11) is 0. The van der Waals surface area contributed by atoms with Gasteiger partial charge in [-0.2, -0.15) is 0 Å². The van der Waals surface area contributed by atoms with Crippen LogP contribution in [0.4, 0.5) is 0 Å². The summed E-state index contributed by atoms with van der Waals surface area (Å²) in [5.41, 5.74) is 1.97. The highest BCUT2D eigenvalue weighted by atomic mass is 35.5. The minimum Gasteiger partial charge on any atom is -0.480 e. The average Bonchev–Trinajstić information content (AvgIpc) is 2.40. The summed E-state index contributed by atoms with van der Waals surface area (Å²) in [4.78, 5) is 11.2. The van der Waals surface area contributed by atoms with Gasteiger partial charge in [0.05, 0.1) is 0 Å². The number of hydrogen-bond acceptors (Lipinski definition) is 2. The van der Waals surface area contributed by atoms with E-state index in [4.69, 9.17) is 11.6 Å². The van der Waals surface area contributed by atoms with Crippen LogP contribution in [0.2, 0.25) is 5.02 Å². The molecule has 2 rings (SSSR count). The normalized spacial score (nSPS) is 18.2. The number of thioether (sulfide) groups is 1. The number of hydrogen-bond donors (Lipinski definition) is 1. The molecule has 0 radical (unpaired) electrons. The molecule has 0 bridgehead atoms. The van der Waals surface area contributed by atoms with E-state index < -0.39 is 11.2 Å². The molecule has 0 aliphatic heterocycles. The number of carboxylic acid groups (broad SMARTS) is 1. The van der Waals surface area contributed by atoms with Crippen molar-refractivity contribution >= 4 is 29.3 Å². The van der Waals surface area contributed by atoms with Crippen molar-refractivity contribution in [2.75, 3.05) is 6.26 Å². The summed E-state index contributed by atoms with van der Waals surface area (Å²) < 4.78 is 0. The lowest BCUT2D eigenvalue weighted by Gasteiger charge is -2.23. The van der Waals surface area contributed by atoms with Crippen LogP contribution >= 0.6 is 23.4 Å². The van der Waals surface area contributed by atoms with Crippen molar-refractivity contribution < 1.29 is 9.90 Å². The van der Waals surface area contributed by atoms with E-state index in [9.17, 15) is 9.90 Å². The highest BCUT2D eigenvalue weighted by Gasteiger charge is 2.22. The number of halogens is 1. The minimum absolute atomic E-state index is 0.530. The number of rotatable bonds is 4.